The molecule has 1 aliphatic heterocycles. The molecule has 0 saturated carbocycles. The highest BCUT2D eigenvalue weighted by Gasteiger charge is 2.46. The first-order chi connectivity index (χ1) is 6.25. The molecule has 0 radical (unpaired) electrons. The van der Waals surface area contributed by atoms with Gasteiger partial charge < -0.3 is 14.2 Å². The van der Waals surface area contributed by atoms with Crippen molar-refractivity contribution in [2.75, 3.05) is 40.6 Å². The van der Waals surface area contributed by atoms with Crippen LogP contribution >= 0.6 is 0 Å². The van der Waals surface area contributed by atoms with Gasteiger partial charge in [-0.3, -0.25) is 5.32 Å². The second-order valence-electron chi connectivity index (χ2n) is 2.99. The molecule has 0 aromatic heterocycles. The van der Waals surface area contributed by atoms with Gasteiger partial charge in [0, 0.05) is 13.7 Å². The van der Waals surface area contributed by atoms with Crippen molar-refractivity contribution in [3.05, 3.63) is 0 Å². The lowest BCUT2D eigenvalue weighted by molar-refractivity contribution is -0.169. The Morgan fingerprint density at radius 3 is 2.62 bits per heavy atom. The molecule has 1 fully saturated rings. The molecule has 13 heavy (non-hydrogen) atoms. The van der Waals surface area contributed by atoms with Crippen LogP contribution in [0, 0.1) is 0 Å². The van der Waals surface area contributed by atoms with E-state index < -0.39 is 5.54 Å². The van der Waals surface area contributed by atoms with Gasteiger partial charge in [-0.05, 0) is 0 Å². The number of ether oxygens (including phenoxy) is 3. The van der Waals surface area contributed by atoms with Crippen molar-refractivity contribution in [3.63, 3.8) is 0 Å². The number of hydrogen-bond acceptors (Lipinski definition) is 5. The van der Waals surface area contributed by atoms with E-state index in [-0.39, 0.29) is 5.97 Å². The van der Waals surface area contributed by atoms with Crippen LogP contribution in [0.25, 0.3) is 0 Å². The summed E-state index contributed by atoms with van der Waals surface area (Å²) in [4.78, 5) is 11.3. The van der Waals surface area contributed by atoms with Crippen LogP contribution in [0.3, 0.4) is 0 Å². The van der Waals surface area contributed by atoms with E-state index in [1.54, 1.807) is 7.11 Å². The SMILES string of the molecule is COCCNC1(C(=O)OC)COC1. The molecular formula is C8H15NO4. The Bertz CT molecular complexity index is 179. The molecule has 1 heterocycles. The molecule has 0 aliphatic carbocycles. The number of hydrogen-bond donors (Lipinski definition) is 1. The third-order valence-electron chi connectivity index (χ3n) is 2.04. The molecule has 5 nitrogen and oxygen atoms in total. The quantitative estimate of drug-likeness (QED) is 0.451. The fourth-order valence-corrected chi connectivity index (χ4v) is 1.19. The predicted molar refractivity (Wildman–Crippen MR) is 45.4 cm³/mol. The average molecular weight is 189 g/mol. The molecule has 0 atom stereocenters. The van der Waals surface area contributed by atoms with Gasteiger partial charge in [-0.1, -0.05) is 0 Å². The zero-order chi connectivity index (χ0) is 9.73. The van der Waals surface area contributed by atoms with Crippen LogP contribution in [0.1, 0.15) is 0 Å². The average Bonchev–Trinajstić information content (AvgIpc) is 2.08. The zero-order valence-corrected chi connectivity index (χ0v) is 7.96. The number of methoxy groups -OCH3 is 2. The van der Waals surface area contributed by atoms with E-state index >= 15 is 0 Å². The first-order valence-electron chi connectivity index (χ1n) is 4.15. The van der Waals surface area contributed by atoms with Gasteiger partial charge in [0.05, 0.1) is 26.9 Å². The monoisotopic (exact) mass is 189 g/mol. The molecule has 0 amide bonds. The summed E-state index contributed by atoms with van der Waals surface area (Å²) in [5.41, 5.74) is -0.632. The normalized spacial score (nSPS) is 19.2. The highest BCUT2D eigenvalue weighted by molar-refractivity contribution is 5.82. The molecule has 1 N–H and O–H groups in total. The topological polar surface area (TPSA) is 56.8 Å². The summed E-state index contributed by atoms with van der Waals surface area (Å²) >= 11 is 0. The molecule has 0 bridgehead atoms. The summed E-state index contributed by atoms with van der Waals surface area (Å²) in [5, 5.41) is 3.06. The van der Waals surface area contributed by atoms with E-state index in [0.29, 0.717) is 26.4 Å². The summed E-state index contributed by atoms with van der Waals surface area (Å²) in [5.74, 6) is -0.269. The molecule has 76 valence electrons. The summed E-state index contributed by atoms with van der Waals surface area (Å²) in [6.07, 6.45) is 0. The van der Waals surface area contributed by atoms with Crippen molar-refractivity contribution in [2.45, 2.75) is 5.54 Å². The Balaban J connectivity index is 2.36. The van der Waals surface area contributed by atoms with Gasteiger partial charge in [-0.15, -0.1) is 0 Å². The van der Waals surface area contributed by atoms with E-state index in [2.05, 4.69) is 10.1 Å². The Morgan fingerprint density at radius 1 is 1.54 bits per heavy atom. The minimum absolute atomic E-state index is 0.269. The number of carbonyl (C=O) groups excluding carboxylic acids is 1. The minimum Gasteiger partial charge on any atom is -0.468 e. The Morgan fingerprint density at radius 2 is 2.23 bits per heavy atom. The molecule has 0 unspecified atom stereocenters. The van der Waals surface area contributed by atoms with Gasteiger partial charge >= 0.3 is 5.97 Å². The van der Waals surface area contributed by atoms with Crippen molar-refractivity contribution < 1.29 is 19.0 Å². The lowest BCUT2D eigenvalue weighted by atomic mass is 9.98. The van der Waals surface area contributed by atoms with Gasteiger partial charge in [-0.25, -0.2) is 4.79 Å². The third-order valence-corrected chi connectivity index (χ3v) is 2.04. The van der Waals surface area contributed by atoms with E-state index in [9.17, 15) is 4.79 Å². The lowest BCUT2D eigenvalue weighted by Gasteiger charge is -2.39. The second-order valence-corrected chi connectivity index (χ2v) is 2.99. The fourth-order valence-electron chi connectivity index (χ4n) is 1.19. The van der Waals surface area contributed by atoms with Crippen molar-refractivity contribution in [2.24, 2.45) is 0 Å². The zero-order valence-electron chi connectivity index (χ0n) is 7.96. The highest BCUT2D eigenvalue weighted by atomic mass is 16.5. The number of carbonyl (C=O) groups is 1. The summed E-state index contributed by atoms with van der Waals surface area (Å²) in [7, 11) is 2.99. The fraction of sp³-hybridized carbons (Fsp3) is 0.875. The molecule has 0 aromatic carbocycles. The van der Waals surface area contributed by atoms with E-state index in [1.165, 1.54) is 7.11 Å². The van der Waals surface area contributed by atoms with Crippen LogP contribution < -0.4 is 5.32 Å². The van der Waals surface area contributed by atoms with Crippen LogP contribution in [-0.4, -0.2) is 52.1 Å². The van der Waals surface area contributed by atoms with Gasteiger partial charge in [-0.2, -0.15) is 0 Å². The maximum absolute atomic E-state index is 11.3. The Hall–Kier alpha value is -0.650. The van der Waals surface area contributed by atoms with Crippen LogP contribution in [-0.2, 0) is 19.0 Å². The number of rotatable bonds is 5. The maximum atomic E-state index is 11.3. The predicted octanol–water partition coefficient (Wildman–Crippen LogP) is -0.836. The van der Waals surface area contributed by atoms with Crippen LogP contribution in [0.4, 0.5) is 0 Å². The standard InChI is InChI=1S/C8H15NO4/c1-11-4-3-9-8(5-13-6-8)7(10)12-2/h9H,3-6H2,1-2H3. The first-order valence-corrected chi connectivity index (χ1v) is 4.15. The first kappa shape index (κ1) is 10.4. The smallest absolute Gasteiger partial charge is 0.330 e. The van der Waals surface area contributed by atoms with Gasteiger partial charge in [0.1, 0.15) is 0 Å². The van der Waals surface area contributed by atoms with Crippen molar-refractivity contribution in [1.82, 2.24) is 5.32 Å². The lowest BCUT2D eigenvalue weighted by Crippen LogP contribution is -2.66. The van der Waals surface area contributed by atoms with E-state index in [4.69, 9.17) is 9.47 Å². The molecule has 5 heteroatoms. The second kappa shape index (κ2) is 4.55. The molecular weight excluding hydrogens is 174 g/mol. The van der Waals surface area contributed by atoms with E-state index in [1.807, 2.05) is 0 Å². The van der Waals surface area contributed by atoms with Crippen molar-refractivity contribution in [3.8, 4) is 0 Å². The number of esters is 1. The molecule has 1 aliphatic rings. The molecule has 1 saturated heterocycles. The third kappa shape index (κ3) is 2.18. The van der Waals surface area contributed by atoms with E-state index in [0.717, 1.165) is 0 Å². The van der Waals surface area contributed by atoms with Gasteiger partial charge in [0.15, 0.2) is 5.54 Å². The molecule has 1 rings (SSSR count). The van der Waals surface area contributed by atoms with Crippen molar-refractivity contribution in [1.29, 1.82) is 0 Å². The van der Waals surface area contributed by atoms with Crippen LogP contribution in [0.15, 0.2) is 0 Å². The van der Waals surface area contributed by atoms with Crippen LogP contribution in [0.2, 0.25) is 0 Å². The Labute approximate surface area is 77.3 Å². The van der Waals surface area contributed by atoms with Crippen LogP contribution in [0.5, 0.6) is 0 Å². The summed E-state index contributed by atoms with van der Waals surface area (Å²) in [6.45, 7) is 1.94. The summed E-state index contributed by atoms with van der Waals surface area (Å²) in [6, 6.07) is 0. The minimum atomic E-state index is -0.632. The summed E-state index contributed by atoms with van der Waals surface area (Å²) < 4.78 is 14.5. The number of nitrogens with one attached hydrogen (secondary N) is 1. The maximum Gasteiger partial charge on any atom is 0.330 e. The molecule has 0 aromatic rings. The largest absolute Gasteiger partial charge is 0.468 e. The van der Waals surface area contributed by atoms with Gasteiger partial charge in [0.25, 0.3) is 0 Å². The highest BCUT2D eigenvalue weighted by Crippen LogP contribution is 2.17. The molecule has 0 spiro atoms. The Kier molecular flexibility index (Phi) is 3.65. The van der Waals surface area contributed by atoms with Gasteiger partial charge in [0.2, 0.25) is 0 Å². The van der Waals surface area contributed by atoms with Crippen molar-refractivity contribution >= 4 is 5.97 Å².